The number of aromatic amines is 1. The van der Waals surface area contributed by atoms with Crippen molar-refractivity contribution in [1.82, 2.24) is 10.1 Å². The second-order valence-electron chi connectivity index (χ2n) is 6.26. The number of H-pyrrole nitrogens is 1. The summed E-state index contributed by atoms with van der Waals surface area (Å²) in [5.74, 6) is 1.01. The van der Waals surface area contributed by atoms with Gasteiger partial charge in [-0.25, -0.2) is 4.79 Å². The molecular formula is C19H22N4O3. The summed E-state index contributed by atoms with van der Waals surface area (Å²) in [6, 6.07) is 3.92. The molecule has 26 heavy (non-hydrogen) atoms. The minimum absolute atomic E-state index is 0.227. The molecule has 0 aliphatic heterocycles. The first-order chi connectivity index (χ1) is 12.3. The Bertz CT molecular complexity index is 994. The molecule has 2 heterocycles. The molecule has 0 unspecified atom stereocenters. The van der Waals surface area contributed by atoms with Crippen molar-refractivity contribution in [2.24, 2.45) is 0 Å². The van der Waals surface area contributed by atoms with Crippen LogP contribution in [0.4, 0.5) is 5.82 Å². The molecule has 0 saturated carbocycles. The molecule has 0 amide bonds. The van der Waals surface area contributed by atoms with Gasteiger partial charge in [0.2, 0.25) is 0 Å². The molecule has 3 N–H and O–H groups in total. The molecule has 2 aromatic heterocycles. The number of aromatic nitrogens is 2. The van der Waals surface area contributed by atoms with Gasteiger partial charge in [0.15, 0.2) is 0 Å². The number of esters is 1. The summed E-state index contributed by atoms with van der Waals surface area (Å²) >= 11 is 0. The van der Waals surface area contributed by atoms with Crippen LogP contribution in [0.1, 0.15) is 41.2 Å². The SMILES string of the molecule is CCOC(=O)c1c(NC(C)=N)[nH]c2cc(-c3c(C)noc3C)c(C)cc12. The van der Waals surface area contributed by atoms with Crippen molar-refractivity contribution < 1.29 is 14.1 Å². The average molecular weight is 354 g/mol. The fraction of sp³-hybridized carbons (Fsp3) is 0.316. The van der Waals surface area contributed by atoms with Crippen LogP contribution in [0.2, 0.25) is 0 Å². The van der Waals surface area contributed by atoms with E-state index < -0.39 is 5.97 Å². The summed E-state index contributed by atoms with van der Waals surface area (Å²) < 4.78 is 10.5. The van der Waals surface area contributed by atoms with Crippen molar-refractivity contribution in [1.29, 1.82) is 5.41 Å². The predicted molar refractivity (Wildman–Crippen MR) is 101 cm³/mol. The normalized spacial score (nSPS) is 11.0. The van der Waals surface area contributed by atoms with Gasteiger partial charge in [0.05, 0.1) is 18.1 Å². The number of amidine groups is 1. The lowest BCUT2D eigenvalue weighted by Gasteiger charge is -2.07. The van der Waals surface area contributed by atoms with Crippen molar-refractivity contribution >= 4 is 28.5 Å². The Balaban J connectivity index is 2.25. The Labute approximate surface area is 151 Å². The number of anilines is 1. The summed E-state index contributed by atoms with van der Waals surface area (Å²) in [5.41, 5.74) is 4.93. The minimum atomic E-state index is -0.424. The largest absolute Gasteiger partial charge is 0.462 e. The van der Waals surface area contributed by atoms with E-state index in [1.165, 1.54) is 0 Å². The van der Waals surface area contributed by atoms with E-state index in [2.05, 4.69) is 15.5 Å². The third-order valence-corrected chi connectivity index (χ3v) is 4.24. The maximum Gasteiger partial charge on any atom is 0.342 e. The summed E-state index contributed by atoms with van der Waals surface area (Å²) in [7, 11) is 0. The lowest BCUT2D eigenvalue weighted by atomic mass is 9.97. The van der Waals surface area contributed by atoms with Gasteiger partial charge in [-0.15, -0.1) is 0 Å². The van der Waals surface area contributed by atoms with Crippen LogP contribution in [-0.4, -0.2) is 28.6 Å². The Morgan fingerprint density at radius 2 is 2.08 bits per heavy atom. The van der Waals surface area contributed by atoms with Gasteiger partial charge in [-0.05, 0) is 57.9 Å². The highest BCUT2D eigenvalue weighted by Gasteiger charge is 2.22. The number of ether oxygens (including phenoxy) is 1. The highest BCUT2D eigenvalue weighted by atomic mass is 16.5. The summed E-state index contributed by atoms with van der Waals surface area (Å²) in [5, 5.41) is 15.4. The van der Waals surface area contributed by atoms with Crippen molar-refractivity contribution in [2.75, 3.05) is 11.9 Å². The first-order valence-corrected chi connectivity index (χ1v) is 8.42. The van der Waals surface area contributed by atoms with Crippen molar-refractivity contribution in [3.63, 3.8) is 0 Å². The van der Waals surface area contributed by atoms with E-state index in [-0.39, 0.29) is 12.4 Å². The molecule has 3 rings (SSSR count). The Hall–Kier alpha value is -3.09. The molecule has 0 aliphatic carbocycles. The molecule has 7 nitrogen and oxygen atoms in total. The fourth-order valence-corrected chi connectivity index (χ4v) is 3.18. The molecule has 3 aromatic rings. The van der Waals surface area contributed by atoms with Crippen molar-refractivity contribution in [2.45, 2.75) is 34.6 Å². The second-order valence-corrected chi connectivity index (χ2v) is 6.26. The number of benzene rings is 1. The van der Waals surface area contributed by atoms with Gasteiger partial charge in [-0.1, -0.05) is 5.16 Å². The molecule has 0 atom stereocenters. The van der Waals surface area contributed by atoms with E-state index >= 15 is 0 Å². The van der Waals surface area contributed by atoms with Crippen LogP contribution in [-0.2, 0) is 4.74 Å². The van der Waals surface area contributed by atoms with Gasteiger partial charge in [-0.2, -0.15) is 0 Å². The van der Waals surface area contributed by atoms with Crippen molar-refractivity contribution in [3.8, 4) is 11.1 Å². The molecule has 7 heteroatoms. The molecule has 0 aliphatic rings. The zero-order chi connectivity index (χ0) is 19.0. The lowest BCUT2D eigenvalue weighted by molar-refractivity contribution is 0.0530. The number of nitrogens with one attached hydrogen (secondary N) is 3. The van der Waals surface area contributed by atoms with Crippen LogP contribution in [0.3, 0.4) is 0 Å². The zero-order valence-electron chi connectivity index (χ0n) is 15.5. The quantitative estimate of drug-likeness (QED) is 0.367. The number of hydrogen-bond donors (Lipinski definition) is 3. The van der Waals surface area contributed by atoms with Crippen LogP contribution in [0, 0.1) is 26.2 Å². The molecular weight excluding hydrogens is 332 g/mol. The van der Waals surface area contributed by atoms with E-state index in [1.54, 1.807) is 13.8 Å². The van der Waals surface area contributed by atoms with Crippen LogP contribution >= 0.6 is 0 Å². The third kappa shape index (κ3) is 2.96. The third-order valence-electron chi connectivity index (χ3n) is 4.24. The first kappa shape index (κ1) is 17.7. The van der Waals surface area contributed by atoms with Gasteiger partial charge in [0, 0.05) is 16.5 Å². The Morgan fingerprint density at radius 1 is 1.35 bits per heavy atom. The van der Waals surface area contributed by atoms with E-state index in [4.69, 9.17) is 14.7 Å². The molecule has 0 spiro atoms. The van der Waals surface area contributed by atoms with Crippen LogP contribution < -0.4 is 5.32 Å². The maximum atomic E-state index is 12.5. The zero-order valence-corrected chi connectivity index (χ0v) is 15.5. The number of nitrogens with zero attached hydrogens (tertiary/aromatic N) is 1. The second kappa shape index (κ2) is 6.67. The van der Waals surface area contributed by atoms with Gasteiger partial charge < -0.3 is 19.6 Å². The highest BCUT2D eigenvalue weighted by Crippen LogP contribution is 2.36. The summed E-state index contributed by atoms with van der Waals surface area (Å²) in [6.07, 6.45) is 0. The number of hydrogen-bond acceptors (Lipinski definition) is 5. The molecule has 0 saturated heterocycles. The number of rotatable bonds is 4. The number of carbonyl (C=O) groups excluding carboxylic acids is 1. The monoisotopic (exact) mass is 354 g/mol. The van der Waals surface area contributed by atoms with Crippen LogP contribution in [0.25, 0.3) is 22.0 Å². The van der Waals surface area contributed by atoms with Crippen LogP contribution in [0.15, 0.2) is 16.7 Å². The molecule has 0 bridgehead atoms. The van der Waals surface area contributed by atoms with Gasteiger partial charge >= 0.3 is 5.97 Å². The summed E-state index contributed by atoms with van der Waals surface area (Å²) in [6.45, 7) is 9.43. The molecule has 0 radical (unpaired) electrons. The van der Waals surface area contributed by atoms with Crippen molar-refractivity contribution in [3.05, 3.63) is 34.7 Å². The number of carbonyl (C=O) groups is 1. The minimum Gasteiger partial charge on any atom is -0.462 e. The summed E-state index contributed by atoms with van der Waals surface area (Å²) in [4.78, 5) is 15.7. The molecule has 136 valence electrons. The van der Waals surface area contributed by atoms with Gasteiger partial charge in [0.1, 0.15) is 17.1 Å². The average Bonchev–Trinajstić information content (AvgIpc) is 3.06. The Morgan fingerprint density at radius 3 is 2.65 bits per heavy atom. The van der Waals surface area contributed by atoms with E-state index in [0.717, 1.165) is 39.0 Å². The standard InChI is InChI=1S/C19H22N4O3/c1-6-25-19(24)17-14-7-9(2)13(16-10(3)23-26-11(16)4)8-15(14)22-18(17)21-12(5)20/h7-8,22H,6H2,1-5H3,(H2,20,21). The fourth-order valence-electron chi connectivity index (χ4n) is 3.18. The predicted octanol–water partition coefficient (Wildman–Crippen LogP) is 4.33. The lowest BCUT2D eigenvalue weighted by Crippen LogP contribution is -2.11. The maximum absolute atomic E-state index is 12.5. The van der Waals surface area contributed by atoms with E-state index in [9.17, 15) is 4.79 Å². The molecule has 1 aromatic carbocycles. The molecule has 0 fully saturated rings. The number of aryl methyl sites for hydroxylation is 3. The smallest absolute Gasteiger partial charge is 0.342 e. The van der Waals surface area contributed by atoms with E-state index in [0.29, 0.717) is 11.4 Å². The van der Waals surface area contributed by atoms with Crippen LogP contribution in [0.5, 0.6) is 0 Å². The van der Waals surface area contributed by atoms with Gasteiger partial charge in [-0.3, -0.25) is 5.41 Å². The number of fused-ring (bicyclic) bond motifs is 1. The topological polar surface area (TPSA) is 104 Å². The Kier molecular flexibility index (Phi) is 4.54. The van der Waals surface area contributed by atoms with E-state index in [1.807, 2.05) is 32.9 Å². The highest BCUT2D eigenvalue weighted by molar-refractivity contribution is 6.12. The first-order valence-electron chi connectivity index (χ1n) is 8.42. The van der Waals surface area contributed by atoms with Gasteiger partial charge in [0.25, 0.3) is 0 Å².